The lowest BCUT2D eigenvalue weighted by Crippen LogP contribution is -2.44. The molecule has 2 aromatic rings. The predicted molar refractivity (Wildman–Crippen MR) is 114 cm³/mol. The second kappa shape index (κ2) is 11.2. The number of hydrogen-bond donors (Lipinski definition) is 2. The molecule has 0 spiro atoms. The molecule has 0 heterocycles. The molecular formula is C23H32N3O3+. The van der Waals surface area contributed by atoms with Gasteiger partial charge in [-0.05, 0) is 11.1 Å². The van der Waals surface area contributed by atoms with Crippen LogP contribution in [0.3, 0.4) is 0 Å². The van der Waals surface area contributed by atoms with E-state index in [-0.39, 0.29) is 12.5 Å². The van der Waals surface area contributed by atoms with Crippen LogP contribution in [0.5, 0.6) is 0 Å². The van der Waals surface area contributed by atoms with E-state index < -0.39 is 6.09 Å². The van der Waals surface area contributed by atoms with Crippen molar-refractivity contribution >= 4 is 12.0 Å². The van der Waals surface area contributed by atoms with Crippen LogP contribution in [0.15, 0.2) is 54.6 Å². The van der Waals surface area contributed by atoms with Crippen molar-refractivity contribution in [1.82, 2.24) is 10.6 Å². The Bertz CT molecular complexity index is 774. The van der Waals surface area contributed by atoms with Crippen LogP contribution in [0.1, 0.15) is 30.0 Å². The number of quaternary nitrogens is 1. The second-order valence-corrected chi connectivity index (χ2v) is 7.75. The molecule has 0 saturated heterocycles. The zero-order chi connectivity index (χ0) is 21.1. The van der Waals surface area contributed by atoms with E-state index in [4.69, 9.17) is 4.74 Å². The fourth-order valence-corrected chi connectivity index (χ4v) is 2.90. The number of benzene rings is 2. The minimum atomic E-state index is -0.396. The summed E-state index contributed by atoms with van der Waals surface area (Å²) in [5, 5.41) is 5.70. The molecule has 0 unspecified atom stereocenters. The third-order valence-corrected chi connectivity index (χ3v) is 4.64. The number of amides is 2. The molecule has 0 saturated carbocycles. The number of likely N-dealkylation sites (N-methyl/N-ethyl adjacent to an activating group) is 1. The highest BCUT2D eigenvalue weighted by Crippen LogP contribution is 2.11. The van der Waals surface area contributed by atoms with Crippen molar-refractivity contribution in [2.75, 3.05) is 27.2 Å². The van der Waals surface area contributed by atoms with Crippen molar-refractivity contribution in [3.05, 3.63) is 71.3 Å². The summed E-state index contributed by atoms with van der Waals surface area (Å²) in [5.41, 5.74) is 3.27. The molecule has 2 amide bonds. The number of ether oxygens (including phenoxy) is 1. The van der Waals surface area contributed by atoms with Crippen LogP contribution in [0, 0.1) is 0 Å². The van der Waals surface area contributed by atoms with Crippen molar-refractivity contribution < 1.29 is 18.8 Å². The Balaban J connectivity index is 1.70. The van der Waals surface area contributed by atoms with Gasteiger partial charge in [0.15, 0.2) is 0 Å². The number of nitrogens with zero attached hydrogens (tertiary/aromatic N) is 1. The number of carbonyl (C=O) groups is 2. The van der Waals surface area contributed by atoms with E-state index >= 15 is 0 Å². The van der Waals surface area contributed by atoms with E-state index in [0.29, 0.717) is 19.5 Å². The maximum Gasteiger partial charge on any atom is 0.407 e. The number of carbonyl (C=O) groups excluding carboxylic acids is 2. The summed E-state index contributed by atoms with van der Waals surface area (Å²) < 4.78 is 5.98. The molecule has 2 aromatic carbocycles. The Kier molecular flexibility index (Phi) is 8.68. The van der Waals surface area contributed by atoms with Gasteiger partial charge in [-0.3, -0.25) is 4.79 Å². The first-order valence-corrected chi connectivity index (χ1v) is 9.99. The summed E-state index contributed by atoms with van der Waals surface area (Å²) in [6.45, 7) is 4.85. The molecule has 0 atom stereocenters. The highest BCUT2D eigenvalue weighted by atomic mass is 16.5. The third-order valence-electron chi connectivity index (χ3n) is 4.64. The molecular weight excluding hydrogens is 366 g/mol. The molecule has 0 aliphatic rings. The first kappa shape index (κ1) is 22.4. The standard InChI is InChI=1S/C23H31N3O3/c1-4-22(27)25-16-19-10-12-20(13-11-19)17-26(2,3)15-14-24-23(28)29-18-21-8-6-5-7-9-21/h5-13H,4,14-18H2,1-3H3,(H-,24,25,27,28)/p+1. The highest BCUT2D eigenvalue weighted by Gasteiger charge is 2.16. The van der Waals surface area contributed by atoms with Gasteiger partial charge >= 0.3 is 6.09 Å². The molecule has 2 N–H and O–H groups in total. The largest absolute Gasteiger partial charge is 0.445 e. The smallest absolute Gasteiger partial charge is 0.407 e. The molecule has 6 nitrogen and oxygen atoms in total. The van der Waals surface area contributed by atoms with Gasteiger partial charge in [0.1, 0.15) is 13.2 Å². The van der Waals surface area contributed by atoms with Crippen LogP contribution >= 0.6 is 0 Å². The van der Waals surface area contributed by atoms with Crippen LogP contribution in [0.4, 0.5) is 4.79 Å². The Morgan fingerprint density at radius 1 is 0.897 bits per heavy atom. The van der Waals surface area contributed by atoms with Crippen molar-refractivity contribution in [2.24, 2.45) is 0 Å². The Hall–Kier alpha value is -2.86. The molecule has 0 aliphatic carbocycles. The molecule has 0 aromatic heterocycles. The third kappa shape index (κ3) is 8.79. The van der Waals surface area contributed by atoms with Crippen LogP contribution in [-0.2, 0) is 29.2 Å². The Morgan fingerprint density at radius 2 is 1.55 bits per heavy atom. The average molecular weight is 399 g/mol. The van der Waals surface area contributed by atoms with Gasteiger partial charge in [-0.1, -0.05) is 61.5 Å². The molecule has 0 bridgehead atoms. The zero-order valence-corrected chi connectivity index (χ0v) is 17.6. The summed E-state index contributed by atoms with van der Waals surface area (Å²) in [6, 6.07) is 17.9. The SMILES string of the molecule is CCC(=O)NCc1ccc(C[N+](C)(C)CCNC(=O)OCc2ccccc2)cc1. The lowest BCUT2D eigenvalue weighted by Gasteiger charge is -2.30. The number of rotatable bonds is 10. The van der Waals surface area contributed by atoms with E-state index in [1.165, 1.54) is 5.56 Å². The van der Waals surface area contributed by atoms with E-state index in [0.717, 1.165) is 28.7 Å². The number of alkyl carbamates (subject to hydrolysis) is 1. The number of hydrogen-bond acceptors (Lipinski definition) is 3. The van der Waals surface area contributed by atoms with E-state index in [2.05, 4.69) is 36.9 Å². The molecule has 29 heavy (non-hydrogen) atoms. The summed E-state index contributed by atoms with van der Waals surface area (Å²) in [5.74, 6) is 0.0571. The quantitative estimate of drug-likeness (QED) is 0.604. The highest BCUT2D eigenvalue weighted by molar-refractivity contribution is 5.75. The monoisotopic (exact) mass is 398 g/mol. The van der Waals surface area contributed by atoms with Gasteiger partial charge in [-0.2, -0.15) is 0 Å². The molecule has 156 valence electrons. The Labute approximate surface area is 173 Å². The van der Waals surface area contributed by atoms with E-state index in [1.54, 1.807) is 0 Å². The predicted octanol–water partition coefficient (Wildman–Crippen LogP) is 3.22. The maximum atomic E-state index is 11.9. The minimum absolute atomic E-state index is 0.0571. The van der Waals surface area contributed by atoms with Crippen molar-refractivity contribution in [1.29, 1.82) is 0 Å². The van der Waals surface area contributed by atoms with Crippen molar-refractivity contribution in [3.8, 4) is 0 Å². The molecule has 6 heteroatoms. The molecule has 2 rings (SSSR count). The van der Waals surface area contributed by atoms with Crippen LogP contribution in [0.2, 0.25) is 0 Å². The van der Waals surface area contributed by atoms with Crippen LogP contribution in [0.25, 0.3) is 0 Å². The fourth-order valence-electron chi connectivity index (χ4n) is 2.90. The topological polar surface area (TPSA) is 67.4 Å². The fraction of sp³-hybridized carbons (Fsp3) is 0.391. The van der Waals surface area contributed by atoms with Gasteiger partial charge in [0, 0.05) is 18.5 Å². The van der Waals surface area contributed by atoms with Crippen LogP contribution < -0.4 is 10.6 Å². The van der Waals surface area contributed by atoms with Gasteiger partial charge in [0.05, 0.1) is 27.2 Å². The van der Waals surface area contributed by atoms with Crippen molar-refractivity contribution in [2.45, 2.75) is 33.0 Å². The first-order valence-electron chi connectivity index (χ1n) is 9.99. The van der Waals surface area contributed by atoms with Gasteiger partial charge in [-0.25, -0.2) is 4.79 Å². The van der Waals surface area contributed by atoms with Gasteiger partial charge in [0.25, 0.3) is 0 Å². The average Bonchev–Trinajstić information content (AvgIpc) is 2.72. The van der Waals surface area contributed by atoms with Crippen LogP contribution in [-0.4, -0.2) is 43.7 Å². The summed E-state index contributed by atoms with van der Waals surface area (Å²) in [6.07, 6.45) is 0.102. The lowest BCUT2D eigenvalue weighted by molar-refractivity contribution is -0.902. The lowest BCUT2D eigenvalue weighted by atomic mass is 10.1. The van der Waals surface area contributed by atoms with Gasteiger partial charge in [-0.15, -0.1) is 0 Å². The molecule has 0 aliphatic heterocycles. The molecule has 0 radical (unpaired) electrons. The zero-order valence-electron chi connectivity index (χ0n) is 17.6. The van der Waals surface area contributed by atoms with E-state index in [1.807, 2.05) is 49.4 Å². The summed E-state index contributed by atoms with van der Waals surface area (Å²) >= 11 is 0. The van der Waals surface area contributed by atoms with Crippen molar-refractivity contribution in [3.63, 3.8) is 0 Å². The summed E-state index contributed by atoms with van der Waals surface area (Å²) in [7, 11) is 4.26. The Morgan fingerprint density at radius 3 is 2.21 bits per heavy atom. The van der Waals surface area contributed by atoms with Gasteiger partial charge in [0.2, 0.25) is 5.91 Å². The summed E-state index contributed by atoms with van der Waals surface area (Å²) in [4.78, 5) is 23.2. The maximum absolute atomic E-state index is 11.9. The number of nitrogens with one attached hydrogen (secondary N) is 2. The van der Waals surface area contributed by atoms with E-state index in [9.17, 15) is 9.59 Å². The minimum Gasteiger partial charge on any atom is -0.445 e. The van der Waals surface area contributed by atoms with Gasteiger partial charge < -0.3 is 19.9 Å². The normalized spacial score (nSPS) is 11.0. The first-order chi connectivity index (χ1) is 13.9. The molecule has 0 fully saturated rings. The second-order valence-electron chi connectivity index (χ2n) is 7.75.